The average molecular weight is 413 g/mol. The van der Waals surface area contributed by atoms with Gasteiger partial charge in [0.15, 0.2) is 0 Å². The maximum absolute atomic E-state index is 12.7. The molecule has 160 valence electrons. The second kappa shape index (κ2) is 8.04. The molecule has 1 saturated heterocycles. The summed E-state index contributed by atoms with van der Waals surface area (Å²) < 4.78 is 6.35. The quantitative estimate of drug-likeness (QED) is 0.782. The minimum Gasteiger partial charge on any atom is -0.361 e. The minimum atomic E-state index is -0.288. The fourth-order valence-electron chi connectivity index (χ4n) is 4.57. The summed E-state index contributed by atoms with van der Waals surface area (Å²) in [5.41, 5.74) is 2.10. The molecule has 30 heavy (non-hydrogen) atoms. The lowest BCUT2D eigenvalue weighted by atomic mass is 9.61. The highest BCUT2D eigenvalue weighted by Gasteiger charge is 2.48. The standard InChI is InChI=1S/C21H27N5O4/c1-12-4-5-19(27)26(23-12)11-20(28)25-7-6-15-8-16(18(15)10-25)21(29)22-9-17-13(2)24-30-14(17)3/h4-5,15-16,18H,6-11H2,1-3H3,(H,22,29)/t15-,16-,18-/m1/s1. The minimum absolute atomic E-state index is 0.0159. The van der Waals surface area contributed by atoms with Gasteiger partial charge in [-0.2, -0.15) is 5.10 Å². The monoisotopic (exact) mass is 413 g/mol. The fourth-order valence-corrected chi connectivity index (χ4v) is 4.57. The van der Waals surface area contributed by atoms with Crippen LogP contribution in [0.4, 0.5) is 0 Å². The van der Waals surface area contributed by atoms with Crippen molar-refractivity contribution in [3.05, 3.63) is 45.2 Å². The van der Waals surface area contributed by atoms with Crippen LogP contribution in [-0.4, -0.2) is 44.7 Å². The lowest BCUT2D eigenvalue weighted by Crippen LogP contribution is -2.56. The number of likely N-dealkylation sites (tertiary alicyclic amines) is 1. The van der Waals surface area contributed by atoms with E-state index in [2.05, 4.69) is 15.6 Å². The van der Waals surface area contributed by atoms with Crippen LogP contribution in [0.1, 0.15) is 35.6 Å². The molecule has 9 nitrogen and oxygen atoms in total. The Balaban J connectivity index is 1.35. The number of carbonyl (C=O) groups is 2. The molecule has 2 aromatic heterocycles. The maximum atomic E-state index is 12.7. The van der Waals surface area contributed by atoms with E-state index in [1.54, 1.807) is 17.9 Å². The Kier molecular flexibility index (Phi) is 5.44. The van der Waals surface area contributed by atoms with Gasteiger partial charge < -0.3 is 14.7 Å². The van der Waals surface area contributed by atoms with Crippen molar-refractivity contribution in [1.82, 2.24) is 25.2 Å². The molecule has 1 aliphatic heterocycles. The summed E-state index contributed by atoms with van der Waals surface area (Å²) in [5, 5.41) is 11.1. The first-order valence-electron chi connectivity index (χ1n) is 10.4. The van der Waals surface area contributed by atoms with E-state index in [1.807, 2.05) is 13.8 Å². The zero-order valence-corrected chi connectivity index (χ0v) is 17.6. The van der Waals surface area contributed by atoms with Crippen molar-refractivity contribution < 1.29 is 14.1 Å². The van der Waals surface area contributed by atoms with Gasteiger partial charge in [-0.15, -0.1) is 0 Å². The van der Waals surface area contributed by atoms with E-state index in [4.69, 9.17) is 4.52 Å². The number of rotatable bonds is 5. The highest BCUT2D eigenvalue weighted by atomic mass is 16.5. The molecule has 2 aromatic rings. The molecule has 1 aliphatic carbocycles. The molecule has 2 amide bonds. The fraction of sp³-hybridized carbons (Fsp3) is 0.571. The number of nitrogens with zero attached hydrogens (tertiary/aromatic N) is 4. The summed E-state index contributed by atoms with van der Waals surface area (Å²) in [5.74, 6) is 1.15. The van der Waals surface area contributed by atoms with Gasteiger partial charge in [-0.25, -0.2) is 4.68 Å². The van der Waals surface area contributed by atoms with E-state index in [-0.39, 0.29) is 35.8 Å². The van der Waals surface area contributed by atoms with Crippen molar-refractivity contribution in [3.8, 4) is 0 Å². The van der Waals surface area contributed by atoms with Crippen LogP contribution in [-0.2, 0) is 22.7 Å². The number of hydrogen-bond acceptors (Lipinski definition) is 6. The number of aromatic nitrogens is 3. The third kappa shape index (κ3) is 3.88. The maximum Gasteiger partial charge on any atom is 0.267 e. The number of amides is 2. The highest BCUT2D eigenvalue weighted by Crippen LogP contribution is 2.45. The molecule has 0 bridgehead atoms. The molecule has 3 heterocycles. The molecule has 0 radical (unpaired) electrons. The molecule has 2 fully saturated rings. The van der Waals surface area contributed by atoms with Crippen molar-refractivity contribution in [2.45, 2.75) is 46.7 Å². The Labute approximate surface area is 174 Å². The molecule has 0 aromatic carbocycles. The predicted molar refractivity (Wildman–Crippen MR) is 107 cm³/mol. The Hall–Kier alpha value is -2.97. The third-order valence-corrected chi connectivity index (χ3v) is 6.48. The van der Waals surface area contributed by atoms with E-state index in [1.165, 1.54) is 10.7 Å². The summed E-state index contributed by atoms with van der Waals surface area (Å²) in [6.45, 7) is 7.02. The lowest BCUT2D eigenvalue weighted by Gasteiger charge is -2.50. The van der Waals surface area contributed by atoms with Gasteiger partial charge in [0.05, 0.1) is 11.4 Å². The van der Waals surface area contributed by atoms with Gasteiger partial charge in [0.1, 0.15) is 12.3 Å². The Morgan fingerprint density at radius 3 is 2.80 bits per heavy atom. The molecule has 1 saturated carbocycles. The molecular weight excluding hydrogens is 386 g/mol. The molecule has 1 N–H and O–H groups in total. The summed E-state index contributed by atoms with van der Waals surface area (Å²) in [6, 6.07) is 3.06. The van der Waals surface area contributed by atoms with E-state index in [9.17, 15) is 14.4 Å². The van der Waals surface area contributed by atoms with Crippen LogP contribution in [0.15, 0.2) is 21.5 Å². The molecule has 3 atom stereocenters. The first-order chi connectivity index (χ1) is 14.3. The van der Waals surface area contributed by atoms with E-state index in [0.717, 1.165) is 24.1 Å². The smallest absolute Gasteiger partial charge is 0.267 e. The van der Waals surface area contributed by atoms with Crippen molar-refractivity contribution in [2.75, 3.05) is 13.1 Å². The number of piperidine rings is 1. The van der Waals surface area contributed by atoms with Gasteiger partial charge in [-0.1, -0.05) is 5.16 Å². The second-order valence-electron chi connectivity index (χ2n) is 8.39. The molecule has 4 rings (SSSR count). The van der Waals surface area contributed by atoms with Gasteiger partial charge in [0, 0.05) is 37.2 Å². The zero-order valence-electron chi connectivity index (χ0n) is 17.6. The second-order valence-corrected chi connectivity index (χ2v) is 8.39. The van der Waals surface area contributed by atoms with E-state index < -0.39 is 0 Å². The van der Waals surface area contributed by atoms with E-state index >= 15 is 0 Å². The summed E-state index contributed by atoms with van der Waals surface area (Å²) in [4.78, 5) is 39.2. The lowest BCUT2D eigenvalue weighted by molar-refractivity contribution is -0.146. The van der Waals surface area contributed by atoms with Crippen LogP contribution in [0.2, 0.25) is 0 Å². The van der Waals surface area contributed by atoms with Crippen molar-refractivity contribution in [3.63, 3.8) is 0 Å². The van der Waals surface area contributed by atoms with Gasteiger partial charge in [-0.05, 0) is 51.5 Å². The van der Waals surface area contributed by atoms with Crippen LogP contribution < -0.4 is 10.9 Å². The van der Waals surface area contributed by atoms with E-state index in [0.29, 0.717) is 37.0 Å². The summed E-state index contributed by atoms with van der Waals surface area (Å²) in [7, 11) is 0. The summed E-state index contributed by atoms with van der Waals surface area (Å²) >= 11 is 0. The molecular formula is C21H27N5O4. The van der Waals surface area contributed by atoms with Crippen LogP contribution in [0.5, 0.6) is 0 Å². The normalized spacial score (nSPS) is 22.9. The van der Waals surface area contributed by atoms with Crippen LogP contribution in [0, 0.1) is 38.5 Å². The van der Waals surface area contributed by atoms with Gasteiger partial charge in [-0.3, -0.25) is 14.4 Å². The molecule has 9 heteroatoms. The van der Waals surface area contributed by atoms with Crippen molar-refractivity contribution in [2.24, 2.45) is 17.8 Å². The highest BCUT2D eigenvalue weighted by molar-refractivity contribution is 5.80. The predicted octanol–water partition coefficient (Wildman–Crippen LogP) is 0.958. The molecule has 2 aliphatic rings. The molecule has 0 spiro atoms. The Bertz CT molecular complexity index is 1010. The van der Waals surface area contributed by atoms with Gasteiger partial charge in [0.2, 0.25) is 11.8 Å². The van der Waals surface area contributed by atoms with Crippen LogP contribution in [0.3, 0.4) is 0 Å². The topological polar surface area (TPSA) is 110 Å². The van der Waals surface area contributed by atoms with Gasteiger partial charge >= 0.3 is 0 Å². The largest absolute Gasteiger partial charge is 0.361 e. The Morgan fingerprint density at radius 2 is 2.07 bits per heavy atom. The number of nitrogens with one attached hydrogen (secondary N) is 1. The first-order valence-corrected chi connectivity index (χ1v) is 10.4. The number of aryl methyl sites for hydroxylation is 3. The van der Waals surface area contributed by atoms with Crippen LogP contribution >= 0.6 is 0 Å². The third-order valence-electron chi connectivity index (χ3n) is 6.48. The average Bonchev–Trinajstić information content (AvgIpc) is 3.01. The molecule has 0 unspecified atom stereocenters. The number of hydrogen-bond donors (Lipinski definition) is 1. The summed E-state index contributed by atoms with van der Waals surface area (Å²) in [6.07, 6.45) is 1.75. The SMILES string of the molecule is Cc1ccc(=O)n(CC(=O)N2CC[C@@H]3C[C@@H](C(=O)NCc4c(C)noc4C)[C@@H]3C2)n1. The number of fused-ring (bicyclic) bond motifs is 1. The van der Waals surface area contributed by atoms with Gasteiger partial charge in [0.25, 0.3) is 5.56 Å². The van der Waals surface area contributed by atoms with Crippen molar-refractivity contribution >= 4 is 11.8 Å². The Morgan fingerprint density at radius 1 is 1.27 bits per heavy atom. The zero-order chi connectivity index (χ0) is 21.4. The van der Waals surface area contributed by atoms with Crippen molar-refractivity contribution in [1.29, 1.82) is 0 Å². The first kappa shape index (κ1) is 20.3. The van der Waals surface area contributed by atoms with Crippen LogP contribution in [0.25, 0.3) is 0 Å². The number of carbonyl (C=O) groups excluding carboxylic acids is 2.